The Bertz CT molecular complexity index is 1150. The zero-order valence-corrected chi connectivity index (χ0v) is 18.8. The Hall–Kier alpha value is -3.87. The van der Waals surface area contributed by atoms with E-state index in [1.165, 1.54) is 12.0 Å². The number of carbonyl (C=O) groups excluding carboxylic acids is 2. The van der Waals surface area contributed by atoms with Crippen molar-refractivity contribution in [2.75, 3.05) is 19.1 Å². The number of carbonyl (C=O) groups is 2. The Morgan fingerprint density at radius 3 is 2.31 bits per heavy atom. The third-order valence-corrected chi connectivity index (χ3v) is 4.43. The van der Waals surface area contributed by atoms with Gasteiger partial charge < -0.3 is 14.2 Å². The van der Waals surface area contributed by atoms with E-state index in [1.54, 1.807) is 70.4 Å². The summed E-state index contributed by atoms with van der Waals surface area (Å²) < 4.78 is 15.7. The number of fused-ring (bicyclic) bond motifs is 1. The summed E-state index contributed by atoms with van der Waals surface area (Å²) in [4.78, 5) is 31.5. The van der Waals surface area contributed by atoms with Crippen LogP contribution in [-0.2, 0) is 14.3 Å². The number of hydrogen-bond donors (Lipinski definition) is 0. The number of esters is 1. The van der Waals surface area contributed by atoms with Crippen molar-refractivity contribution in [3.05, 3.63) is 71.9 Å². The number of methoxy groups -OCH3 is 2. The standard InChI is InChI=1S/C25H26N2O5/c1-25(2,3)32-24(29)27(19-9-7-6-8-10-19)21(23(28)31-5)16-17-11-13-20-18(15-17)12-14-22(26-20)30-4/h6-16H,1-5H3/b21-16+. The highest BCUT2D eigenvalue weighted by atomic mass is 16.6. The molecule has 1 amide bonds. The Balaban J connectivity index is 2.12. The first-order valence-electron chi connectivity index (χ1n) is 10.0. The fourth-order valence-electron chi connectivity index (χ4n) is 3.03. The minimum atomic E-state index is -0.751. The van der Waals surface area contributed by atoms with Crippen LogP contribution in [0, 0.1) is 0 Å². The number of benzene rings is 2. The number of hydrogen-bond acceptors (Lipinski definition) is 6. The molecule has 7 nitrogen and oxygen atoms in total. The maximum atomic E-state index is 13.1. The van der Waals surface area contributed by atoms with Gasteiger partial charge in [-0.05, 0) is 62.7 Å². The molecule has 7 heteroatoms. The number of anilines is 1. The lowest BCUT2D eigenvalue weighted by atomic mass is 10.1. The van der Waals surface area contributed by atoms with Gasteiger partial charge in [-0.25, -0.2) is 19.5 Å². The lowest BCUT2D eigenvalue weighted by Crippen LogP contribution is -2.38. The minimum absolute atomic E-state index is 0.0220. The molecule has 0 spiro atoms. The average molecular weight is 434 g/mol. The zero-order valence-electron chi connectivity index (χ0n) is 18.8. The Morgan fingerprint density at radius 2 is 1.69 bits per heavy atom. The molecule has 1 aromatic heterocycles. The molecule has 0 atom stereocenters. The van der Waals surface area contributed by atoms with Gasteiger partial charge in [-0.3, -0.25) is 0 Å². The van der Waals surface area contributed by atoms with Gasteiger partial charge in [0.1, 0.15) is 11.3 Å². The lowest BCUT2D eigenvalue weighted by molar-refractivity contribution is -0.136. The van der Waals surface area contributed by atoms with Crippen molar-refractivity contribution in [1.29, 1.82) is 0 Å². The van der Waals surface area contributed by atoms with Crippen molar-refractivity contribution < 1.29 is 23.8 Å². The predicted octanol–water partition coefficient (Wildman–Crippen LogP) is 5.20. The molecular formula is C25H26N2O5. The van der Waals surface area contributed by atoms with Gasteiger partial charge in [-0.15, -0.1) is 0 Å². The first-order chi connectivity index (χ1) is 15.2. The van der Waals surface area contributed by atoms with Gasteiger partial charge in [0.15, 0.2) is 0 Å². The molecule has 32 heavy (non-hydrogen) atoms. The van der Waals surface area contributed by atoms with Crippen molar-refractivity contribution in [2.24, 2.45) is 0 Å². The normalized spacial score (nSPS) is 11.7. The minimum Gasteiger partial charge on any atom is -0.481 e. The van der Waals surface area contributed by atoms with Crippen LogP contribution < -0.4 is 9.64 Å². The highest BCUT2D eigenvalue weighted by Crippen LogP contribution is 2.26. The van der Waals surface area contributed by atoms with Gasteiger partial charge in [0.2, 0.25) is 5.88 Å². The summed E-state index contributed by atoms with van der Waals surface area (Å²) in [5.41, 5.74) is 1.18. The summed E-state index contributed by atoms with van der Waals surface area (Å²) in [6, 6.07) is 17.9. The lowest BCUT2D eigenvalue weighted by Gasteiger charge is -2.28. The van der Waals surface area contributed by atoms with E-state index in [2.05, 4.69) is 4.98 Å². The van der Waals surface area contributed by atoms with Crippen LogP contribution in [0.5, 0.6) is 5.88 Å². The molecule has 0 aliphatic carbocycles. The molecule has 0 bridgehead atoms. The van der Waals surface area contributed by atoms with Crippen LogP contribution in [0.25, 0.3) is 17.0 Å². The monoisotopic (exact) mass is 434 g/mol. The molecule has 3 aromatic rings. The summed E-state index contributed by atoms with van der Waals surface area (Å²) in [6.45, 7) is 5.29. The Kier molecular flexibility index (Phi) is 6.78. The van der Waals surface area contributed by atoms with Gasteiger partial charge in [-0.1, -0.05) is 24.3 Å². The molecule has 0 unspecified atom stereocenters. The second kappa shape index (κ2) is 9.51. The topological polar surface area (TPSA) is 78.0 Å². The van der Waals surface area contributed by atoms with Crippen molar-refractivity contribution in [2.45, 2.75) is 26.4 Å². The van der Waals surface area contributed by atoms with Crippen LogP contribution in [0.15, 0.2) is 66.4 Å². The first kappa shape index (κ1) is 22.8. The fourth-order valence-corrected chi connectivity index (χ4v) is 3.03. The summed E-state index contributed by atoms with van der Waals surface area (Å²) in [6.07, 6.45) is 0.902. The molecule has 166 valence electrons. The molecule has 0 aliphatic rings. The van der Waals surface area contributed by atoms with Crippen molar-refractivity contribution in [3.8, 4) is 5.88 Å². The van der Waals surface area contributed by atoms with Crippen LogP contribution in [0.2, 0.25) is 0 Å². The highest BCUT2D eigenvalue weighted by Gasteiger charge is 2.30. The van der Waals surface area contributed by atoms with Crippen LogP contribution in [0.3, 0.4) is 0 Å². The van der Waals surface area contributed by atoms with E-state index >= 15 is 0 Å². The fraction of sp³-hybridized carbons (Fsp3) is 0.240. The third kappa shape index (κ3) is 5.43. The van der Waals surface area contributed by atoms with Gasteiger partial charge in [0.05, 0.1) is 25.4 Å². The molecule has 0 radical (unpaired) electrons. The predicted molar refractivity (Wildman–Crippen MR) is 123 cm³/mol. The number of para-hydroxylation sites is 1. The molecule has 0 aliphatic heterocycles. The van der Waals surface area contributed by atoms with Crippen molar-refractivity contribution >= 4 is 34.7 Å². The number of aromatic nitrogens is 1. The quantitative estimate of drug-likeness (QED) is 0.406. The van der Waals surface area contributed by atoms with E-state index in [0.717, 1.165) is 10.9 Å². The molecular weight excluding hydrogens is 408 g/mol. The van der Waals surface area contributed by atoms with Crippen molar-refractivity contribution in [1.82, 2.24) is 4.98 Å². The molecule has 2 aromatic carbocycles. The molecule has 3 rings (SSSR count). The summed E-state index contributed by atoms with van der Waals surface area (Å²) in [5, 5.41) is 0.854. The maximum Gasteiger partial charge on any atom is 0.419 e. The number of amides is 1. The van der Waals surface area contributed by atoms with E-state index in [-0.39, 0.29) is 5.70 Å². The molecule has 1 heterocycles. The van der Waals surface area contributed by atoms with E-state index < -0.39 is 17.7 Å². The SMILES string of the molecule is COC(=O)/C(=C\c1ccc2nc(OC)ccc2c1)N(C(=O)OC(C)(C)C)c1ccccc1. The summed E-state index contributed by atoms with van der Waals surface area (Å²) in [5.74, 6) is -0.163. The summed E-state index contributed by atoms with van der Waals surface area (Å²) >= 11 is 0. The van der Waals surface area contributed by atoms with E-state index in [1.807, 2.05) is 24.3 Å². The Labute approximate surface area is 187 Å². The first-order valence-corrected chi connectivity index (χ1v) is 10.0. The molecule has 0 saturated heterocycles. The molecule has 0 saturated carbocycles. The number of pyridine rings is 1. The second-order valence-electron chi connectivity index (χ2n) is 7.98. The molecule has 0 N–H and O–H groups in total. The highest BCUT2D eigenvalue weighted by molar-refractivity contribution is 6.07. The van der Waals surface area contributed by atoms with E-state index in [4.69, 9.17) is 14.2 Å². The third-order valence-electron chi connectivity index (χ3n) is 4.43. The van der Waals surface area contributed by atoms with Gasteiger partial charge in [0.25, 0.3) is 0 Å². The van der Waals surface area contributed by atoms with Gasteiger partial charge >= 0.3 is 12.1 Å². The van der Waals surface area contributed by atoms with Gasteiger partial charge in [0, 0.05) is 11.5 Å². The van der Waals surface area contributed by atoms with Crippen molar-refractivity contribution in [3.63, 3.8) is 0 Å². The zero-order chi connectivity index (χ0) is 23.3. The van der Waals surface area contributed by atoms with Crippen LogP contribution >= 0.6 is 0 Å². The van der Waals surface area contributed by atoms with E-state index in [9.17, 15) is 9.59 Å². The molecule has 0 fully saturated rings. The van der Waals surface area contributed by atoms with Crippen LogP contribution in [-0.4, -0.2) is 36.9 Å². The number of nitrogens with zero attached hydrogens (tertiary/aromatic N) is 2. The van der Waals surface area contributed by atoms with E-state index in [0.29, 0.717) is 17.1 Å². The number of rotatable bonds is 5. The smallest absolute Gasteiger partial charge is 0.419 e. The average Bonchev–Trinajstić information content (AvgIpc) is 2.77. The largest absolute Gasteiger partial charge is 0.481 e. The second-order valence-corrected chi connectivity index (χ2v) is 7.98. The number of ether oxygens (including phenoxy) is 3. The maximum absolute atomic E-state index is 13.1. The van der Waals surface area contributed by atoms with Crippen LogP contribution in [0.1, 0.15) is 26.3 Å². The van der Waals surface area contributed by atoms with Crippen LogP contribution in [0.4, 0.5) is 10.5 Å². The summed E-state index contributed by atoms with van der Waals surface area (Å²) in [7, 11) is 2.83. The Morgan fingerprint density at radius 1 is 0.969 bits per heavy atom. The van der Waals surface area contributed by atoms with Gasteiger partial charge in [-0.2, -0.15) is 0 Å².